The molecule has 8 heteroatoms. The van der Waals surface area contributed by atoms with E-state index in [9.17, 15) is 9.90 Å². The van der Waals surface area contributed by atoms with Gasteiger partial charge in [0, 0.05) is 17.5 Å². The third-order valence-corrected chi connectivity index (χ3v) is 4.19. The molecule has 0 bridgehead atoms. The molecule has 1 N–H and O–H groups in total. The largest absolute Gasteiger partial charge is 0.508 e. The Kier molecular flexibility index (Phi) is 3.16. The van der Waals surface area contributed by atoms with Crippen molar-refractivity contribution in [3.8, 4) is 16.5 Å². The van der Waals surface area contributed by atoms with E-state index in [1.54, 1.807) is 6.07 Å². The van der Waals surface area contributed by atoms with Crippen LogP contribution in [0.25, 0.3) is 21.7 Å². The van der Waals surface area contributed by atoms with E-state index >= 15 is 0 Å². The molecule has 0 atom stereocenters. The first-order valence-electron chi connectivity index (χ1n) is 6.76. The van der Waals surface area contributed by atoms with E-state index in [0.717, 1.165) is 10.3 Å². The van der Waals surface area contributed by atoms with Crippen LogP contribution in [0.2, 0.25) is 0 Å². The summed E-state index contributed by atoms with van der Waals surface area (Å²) in [5.41, 5.74) is 0.536. The Morgan fingerprint density at radius 2 is 2.17 bits per heavy atom. The van der Waals surface area contributed by atoms with Crippen LogP contribution in [0.4, 0.5) is 0 Å². The molecule has 0 saturated carbocycles. The Hall–Kier alpha value is -3.00. The number of phenols is 1. The summed E-state index contributed by atoms with van der Waals surface area (Å²) in [5, 5.41) is 24.5. The highest BCUT2D eigenvalue weighted by Crippen LogP contribution is 2.23. The van der Waals surface area contributed by atoms with Crippen LogP contribution >= 0.6 is 11.3 Å². The Balaban J connectivity index is 1.74. The summed E-state index contributed by atoms with van der Waals surface area (Å²) in [5.74, 6) is 0.585. The minimum absolute atomic E-state index is 0.0386. The molecule has 0 amide bonds. The van der Waals surface area contributed by atoms with Gasteiger partial charge in [0.15, 0.2) is 0 Å². The summed E-state index contributed by atoms with van der Waals surface area (Å²) in [6.07, 6.45) is 0. The van der Waals surface area contributed by atoms with E-state index in [2.05, 4.69) is 15.4 Å². The standard InChI is InChI=1S/C15H10N4O3S/c20-10-3-4-11-9(6-14(21)22-12(11)7-10)8-19-17-15(16-18-19)13-2-1-5-23-13/h1-7,20H,8H2. The van der Waals surface area contributed by atoms with Gasteiger partial charge in [-0.05, 0) is 34.4 Å². The first-order chi connectivity index (χ1) is 11.2. The average Bonchev–Trinajstić information content (AvgIpc) is 3.17. The van der Waals surface area contributed by atoms with E-state index in [-0.39, 0.29) is 12.3 Å². The van der Waals surface area contributed by atoms with Crippen molar-refractivity contribution in [1.29, 1.82) is 0 Å². The van der Waals surface area contributed by atoms with E-state index in [0.29, 0.717) is 17.0 Å². The van der Waals surface area contributed by atoms with Crippen LogP contribution in [0.3, 0.4) is 0 Å². The molecule has 0 spiro atoms. The van der Waals surface area contributed by atoms with Crippen LogP contribution in [-0.4, -0.2) is 25.3 Å². The summed E-state index contributed by atoms with van der Waals surface area (Å²) in [4.78, 5) is 14.0. The number of aromatic nitrogens is 4. The molecule has 1 aromatic carbocycles. The summed E-state index contributed by atoms with van der Waals surface area (Å²) in [7, 11) is 0. The minimum Gasteiger partial charge on any atom is -0.508 e. The maximum atomic E-state index is 11.7. The van der Waals surface area contributed by atoms with Crippen LogP contribution in [0.15, 0.2) is 51.0 Å². The molecule has 4 rings (SSSR count). The van der Waals surface area contributed by atoms with Crippen molar-refractivity contribution in [2.45, 2.75) is 6.54 Å². The van der Waals surface area contributed by atoms with Gasteiger partial charge >= 0.3 is 5.63 Å². The number of tetrazole rings is 1. The van der Waals surface area contributed by atoms with Crippen molar-refractivity contribution in [1.82, 2.24) is 20.2 Å². The Bertz CT molecular complexity index is 1040. The lowest BCUT2D eigenvalue weighted by atomic mass is 10.1. The van der Waals surface area contributed by atoms with Crippen LogP contribution < -0.4 is 5.63 Å². The van der Waals surface area contributed by atoms with Crippen molar-refractivity contribution in [2.24, 2.45) is 0 Å². The molecule has 3 heterocycles. The van der Waals surface area contributed by atoms with E-state index in [1.807, 2.05) is 17.5 Å². The number of benzene rings is 1. The van der Waals surface area contributed by atoms with Gasteiger partial charge in [0.1, 0.15) is 11.3 Å². The summed E-state index contributed by atoms with van der Waals surface area (Å²) in [6.45, 7) is 0.283. The normalized spacial score (nSPS) is 11.1. The molecule has 0 radical (unpaired) electrons. The number of nitrogens with zero attached hydrogens (tertiary/aromatic N) is 4. The first-order valence-corrected chi connectivity index (χ1v) is 7.64. The molecule has 4 aromatic rings. The summed E-state index contributed by atoms with van der Waals surface area (Å²) < 4.78 is 5.11. The summed E-state index contributed by atoms with van der Waals surface area (Å²) >= 11 is 1.53. The zero-order chi connectivity index (χ0) is 15.8. The second kappa shape index (κ2) is 5.33. The van der Waals surface area contributed by atoms with Gasteiger partial charge in [0.25, 0.3) is 0 Å². The first kappa shape index (κ1) is 13.6. The van der Waals surface area contributed by atoms with Gasteiger partial charge in [-0.2, -0.15) is 4.80 Å². The zero-order valence-corrected chi connectivity index (χ0v) is 12.5. The van der Waals surface area contributed by atoms with Crippen LogP contribution in [-0.2, 0) is 6.54 Å². The molecular formula is C15H10N4O3S. The maximum absolute atomic E-state index is 11.7. The monoisotopic (exact) mass is 326 g/mol. The van der Waals surface area contributed by atoms with Gasteiger partial charge in [0.2, 0.25) is 5.82 Å². The maximum Gasteiger partial charge on any atom is 0.336 e. The second-order valence-corrected chi connectivity index (χ2v) is 5.84. The minimum atomic E-state index is -0.489. The number of fused-ring (bicyclic) bond motifs is 1. The van der Waals surface area contributed by atoms with Crippen molar-refractivity contribution in [2.75, 3.05) is 0 Å². The lowest BCUT2D eigenvalue weighted by Crippen LogP contribution is -2.08. The second-order valence-electron chi connectivity index (χ2n) is 4.89. The number of aromatic hydroxyl groups is 1. The molecule has 0 aliphatic heterocycles. The van der Waals surface area contributed by atoms with Crippen LogP contribution in [0.1, 0.15) is 5.56 Å². The third kappa shape index (κ3) is 2.59. The molecule has 3 aromatic heterocycles. The predicted molar refractivity (Wildman–Crippen MR) is 84.4 cm³/mol. The fourth-order valence-electron chi connectivity index (χ4n) is 2.32. The third-order valence-electron chi connectivity index (χ3n) is 3.32. The number of phenolic OH excluding ortho intramolecular Hbond substituents is 1. The highest BCUT2D eigenvalue weighted by Gasteiger charge is 2.11. The van der Waals surface area contributed by atoms with Gasteiger partial charge in [-0.25, -0.2) is 4.79 Å². The fourth-order valence-corrected chi connectivity index (χ4v) is 2.96. The molecule has 0 aliphatic carbocycles. The van der Waals surface area contributed by atoms with E-state index in [1.165, 1.54) is 34.3 Å². The van der Waals surface area contributed by atoms with Gasteiger partial charge in [-0.15, -0.1) is 21.5 Å². The Morgan fingerprint density at radius 1 is 1.26 bits per heavy atom. The molecule has 0 aliphatic rings. The number of rotatable bonds is 3. The lowest BCUT2D eigenvalue weighted by Gasteiger charge is -2.04. The SMILES string of the molecule is O=c1cc(Cn2nnc(-c3cccs3)n2)c2ccc(O)cc2o1. The quantitative estimate of drug-likeness (QED) is 0.580. The number of hydrogen-bond acceptors (Lipinski definition) is 7. The number of thiophene rings is 1. The van der Waals surface area contributed by atoms with Crippen LogP contribution in [0.5, 0.6) is 5.75 Å². The van der Waals surface area contributed by atoms with Gasteiger partial charge in [0.05, 0.1) is 11.4 Å². The van der Waals surface area contributed by atoms with Crippen molar-refractivity contribution >= 4 is 22.3 Å². The topological polar surface area (TPSA) is 94.0 Å². The van der Waals surface area contributed by atoms with Gasteiger partial charge < -0.3 is 9.52 Å². The fraction of sp³-hybridized carbons (Fsp3) is 0.0667. The molecule has 7 nitrogen and oxygen atoms in total. The molecule has 23 heavy (non-hydrogen) atoms. The average molecular weight is 326 g/mol. The highest BCUT2D eigenvalue weighted by atomic mass is 32.1. The van der Waals surface area contributed by atoms with E-state index < -0.39 is 5.63 Å². The number of hydrogen-bond donors (Lipinski definition) is 1. The molecular weight excluding hydrogens is 316 g/mol. The zero-order valence-electron chi connectivity index (χ0n) is 11.7. The van der Waals surface area contributed by atoms with Crippen molar-refractivity contribution in [3.05, 3.63) is 57.8 Å². The van der Waals surface area contributed by atoms with Crippen LogP contribution in [0, 0.1) is 0 Å². The lowest BCUT2D eigenvalue weighted by molar-refractivity contribution is 0.473. The Labute approximate surface area is 133 Å². The van der Waals surface area contributed by atoms with E-state index in [4.69, 9.17) is 4.42 Å². The Morgan fingerprint density at radius 3 is 3.00 bits per heavy atom. The smallest absolute Gasteiger partial charge is 0.336 e. The van der Waals surface area contributed by atoms with Gasteiger partial charge in [-0.1, -0.05) is 6.07 Å². The predicted octanol–water partition coefficient (Wildman–Crippen LogP) is 2.26. The highest BCUT2D eigenvalue weighted by molar-refractivity contribution is 7.13. The van der Waals surface area contributed by atoms with Crippen molar-refractivity contribution in [3.63, 3.8) is 0 Å². The van der Waals surface area contributed by atoms with Gasteiger partial charge in [-0.3, -0.25) is 0 Å². The molecule has 0 saturated heterocycles. The molecule has 0 fully saturated rings. The molecule has 114 valence electrons. The van der Waals surface area contributed by atoms with Crippen molar-refractivity contribution < 1.29 is 9.52 Å². The summed E-state index contributed by atoms with van der Waals surface area (Å²) in [6, 6.07) is 9.88. The molecule has 0 unspecified atom stereocenters.